The van der Waals surface area contributed by atoms with Crippen molar-refractivity contribution in [1.29, 1.82) is 0 Å². The average Bonchev–Trinajstić information content (AvgIpc) is 2.27. The fourth-order valence-electron chi connectivity index (χ4n) is 1.77. The Labute approximate surface area is 113 Å². The van der Waals surface area contributed by atoms with Gasteiger partial charge in [0.05, 0.1) is 11.9 Å². The van der Waals surface area contributed by atoms with E-state index in [2.05, 4.69) is 0 Å². The zero-order valence-corrected chi connectivity index (χ0v) is 12.5. The first kappa shape index (κ1) is 15.9. The van der Waals surface area contributed by atoms with E-state index in [1.54, 1.807) is 31.9 Å². The van der Waals surface area contributed by atoms with Gasteiger partial charge in [-0.25, -0.2) is 12.8 Å². The summed E-state index contributed by atoms with van der Waals surface area (Å²) in [7, 11) is -1.33. The van der Waals surface area contributed by atoms with Gasteiger partial charge in [-0.1, -0.05) is 0 Å². The van der Waals surface area contributed by atoms with Crippen molar-refractivity contribution in [2.75, 3.05) is 30.5 Å². The summed E-state index contributed by atoms with van der Waals surface area (Å²) < 4.78 is 35.9. The van der Waals surface area contributed by atoms with Crippen molar-refractivity contribution in [3.63, 3.8) is 0 Å². The van der Waals surface area contributed by atoms with Gasteiger partial charge in [0.1, 0.15) is 15.7 Å². The maximum atomic E-state index is 13.5. The van der Waals surface area contributed by atoms with Crippen LogP contribution in [0.2, 0.25) is 0 Å². The molecule has 1 N–H and O–H groups in total. The molecular formula is C13H20FNO3S. The summed E-state index contributed by atoms with van der Waals surface area (Å²) in [6.45, 7) is 3.48. The molecule has 0 aromatic heterocycles. The van der Waals surface area contributed by atoms with Crippen LogP contribution in [0.5, 0.6) is 0 Å². The molecule has 0 aliphatic heterocycles. The molecule has 6 heteroatoms. The van der Waals surface area contributed by atoms with E-state index >= 15 is 0 Å². The van der Waals surface area contributed by atoms with Crippen LogP contribution >= 0.6 is 0 Å². The van der Waals surface area contributed by atoms with Crippen LogP contribution in [-0.2, 0) is 9.84 Å². The van der Waals surface area contributed by atoms with E-state index in [0.717, 1.165) is 0 Å². The predicted octanol–water partition coefficient (Wildman–Crippen LogP) is 1.67. The van der Waals surface area contributed by atoms with Crippen LogP contribution in [0.25, 0.3) is 0 Å². The number of halogens is 1. The second-order valence-electron chi connectivity index (χ2n) is 4.89. The van der Waals surface area contributed by atoms with Gasteiger partial charge in [0, 0.05) is 31.1 Å². The molecule has 0 unspecified atom stereocenters. The Morgan fingerprint density at radius 3 is 2.47 bits per heavy atom. The van der Waals surface area contributed by atoms with Crippen LogP contribution in [0.4, 0.5) is 10.1 Å². The third kappa shape index (κ3) is 4.47. The quantitative estimate of drug-likeness (QED) is 0.896. The highest BCUT2D eigenvalue weighted by Gasteiger charge is 2.16. The maximum absolute atomic E-state index is 13.5. The molecule has 1 rings (SSSR count). The summed E-state index contributed by atoms with van der Waals surface area (Å²) in [5, 5.41) is 9.69. The Morgan fingerprint density at radius 2 is 2.00 bits per heavy atom. The van der Waals surface area contributed by atoms with E-state index in [-0.39, 0.29) is 11.6 Å². The lowest BCUT2D eigenvalue weighted by atomic mass is 10.0. The second kappa shape index (κ2) is 5.88. The predicted molar refractivity (Wildman–Crippen MR) is 74.8 cm³/mol. The Balaban J connectivity index is 3.07. The number of aliphatic hydroxyl groups is 1. The largest absolute Gasteiger partial charge is 0.389 e. The summed E-state index contributed by atoms with van der Waals surface area (Å²) in [6, 6.07) is 2.92. The molecule has 0 saturated heterocycles. The smallest absolute Gasteiger partial charge is 0.149 e. The van der Waals surface area contributed by atoms with Gasteiger partial charge in [-0.3, -0.25) is 0 Å². The summed E-state index contributed by atoms with van der Waals surface area (Å²) >= 11 is 0. The molecule has 108 valence electrons. The minimum absolute atomic E-state index is 0.0131. The van der Waals surface area contributed by atoms with E-state index < -0.39 is 15.9 Å². The fraction of sp³-hybridized carbons (Fsp3) is 0.538. The van der Waals surface area contributed by atoms with Crippen LogP contribution in [0.1, 0.15) is 24.2 Å². The number of aryl methyl sites for hydroxylation is 1. The van der Waals surface area contributed by atoms with E-state index in [0.29, 0.717) is 23.4 Å². The van der Waals surface area contributed by atoms with Crippen molar-refractivity contribution in [2.24, 2.45) is 0 Å². The van der Waals surface area contributed by atoms with Gasteiger partial charge in [-0.05, 0) is 31.5 Å². The van der Waals surface area contributed by atoms with Gasteiger partial charge in [-0.15, -0.1) is 0 Å². The molecule has 1 aromatic carbocycles. The highest BCUT2D eigenvalue weighted by atomic mass is 32.2. The number of sulfone groups is 1. The van der Waals surface area contributed by atoms with Crippen molar-refractivity contribution in [3.05, 3.63) is 29.1 Å². The molecule has 1 aromatic rings. The Kier molecular flexibility index (Phi) is 4.92. The Hall–Kier alpha value is -1.14. The lowest BCUT2D eigenvalue weighted by molar-refractivity contribution is 0.199. The van der Waals surface area contributed by atoms with Gasteiger partial charge in [0.2, 0.25) is 0 Å². The topological polar surface area (TPSA) is 57.6 Å². The van der Waals surface area contributed by atoms with Crippen LogP contribution in [-0.4, -0.2) is 39.1 Å². The summed E-state index contributed by atoms with van der Waals surface area (Å²) in [6.07, 6.45) is 0.359. The molecule has 0 bridgehead atoms. The molecule has 0 aliphatic rings. The minimum atomic E-state index is -3.06. The van der Waals surface area contributed by atoms with Gasteiger partial charge >= 0.3 is 0 Å². The fourth-order valence-corrected chi connectivity index (χ4v) is 2.38. The first-order valence-corrected chi connectivity index (χ1v) is 8.05. The number of hydrogen-bond acceptors (Lipinski definition) is 4. The average molecular weight is 289 g/mol. The number of nitrogens with zero attached hydrogens (tertiary/aromatic N) is 1. The third-order valence-electron chi connectivity index (χ3n) is 2.97. The van der Waals surface area contributed by atoms with Gasteiger partial charge in [0.25, 0.3) is 0 Å². The number of benzene rings is 1. The molecule has 19 heavy (non-hydrogen) atoms. The van der Waals surface area contributed by atoms with Crippen molar-refractivity contribution < 1.29 is 17.9 Å². The summed E-state index contributed by atoms with van der Waals surface area (Å²) in [5.74, 6) is -0.365. The van der Waals surface area contributed by atoms with Gasteiger partial charge in [0.15, 0.2) is 0 Å². The maximum Gasteiger partial charge on any atom is 0.149 e. The van der Waals surface area contributed by atoms with Crippen molar-refractivity contribution >= 4 is 15.5 Å². The SMILES string of the molecule is Cc1cc(N(C)CCS(C)(=O)=O)c([C@H](C)O)cc1F. The number of rotatable bonds is 5. The highest BCUT2D eigenvalue weighted by molar-refractivity contribution is 7.90. The molecule has 0 radical (unpaired) electrons. The number of aliphatic hydroxyl groups excluding tert-OH is 1. The van der Waals surface area contributed by atoms with E-state index in [1.807, 2.05) is 0 Å². The van der Waals surface area contributed by atoms with Crippen LogP contribution in [0.15, 0.2) is 12.1 Å². The molecule has 0 fully saturated rings. The molecule has 1 atom stereocenters. The van der Waals surface area contributed by atoms with Gasteiger partial charge in [-0.2, -0.15) is 0 Å². The van der Waals surface area contributed by atoms with Crippen LogP contribution < -0.4 is 4.90 Å². The molecule has 4 nitrogen and oxygen atoms in total. The molecule has 0 saturated carbocycles. The first-order chi connectivity index (χ1) is 8.61. The number of anilines is 1. The van der Waals surface area contributed by atoms with Crippen molar-refractivity contribution in [1.82, 2.24) is 0 Å². The van der Waals surface area contributed by atoms with E-state index in [1.165, 1.54) is 12.3 Å². The zero-order chi connectivity index (χ0) is 14.8. The molecular weight excluding hydrogens is 269 g/mol. The first-order valence-electron chi connectivity index (χ1n) is 5.99. The van der Waals surface area contributed by atoms with Gasteiger partial charge < -0.3 is 10.0 Å². The lowest BCUT2D eigenvalue weighted by Crippen LogP contribution is -2.26. The van der Waals surface area contributed by atoms with Crippen LogP contribution in [0, 0.1) is 12.7 Å². The van der Waals surface area contributed by atoms with E-state index in [4.69, 9.17) is 0 Å². The normalized spacial score (nSPS) is 13.4. The molecule has 0 amide bonds. The number of hydrogen-bond donors (Lipinski definition) is 1. The third-order valence-corrected chi connectivity index (χ3v) is 3.89. The molecule has 0 spiro atoms. The molecule has 0 heterocycles. The van der Waals surface area contributed by atoms with E-state index in [9.17, 15) is 17.9 Å². The summed E-state index contributed by atoms with van der Waals surface area (Å²) in [4.78, 5) is 1.72. The minimum Gasteiger partial charge on any atom is -0.389 e. The van der Waals surface area contributed by atoms with Crippen molar-refractivity contribution in [3.8, 4) is 0 Å². The Morgan fingerprint density at radius 1 is 1.42 bits per heavy atom. The van der Waals surface area contributed by atoms with Crippen molar-refractivity contribution in [2.45, 2.75) is 20.0 Å². The highest BCUT2D eigenvalue weighted by Crippen LogP contribution is 2.28. The zero-order valence-electron chi connectivity index (χ0n) is 11.6. The summed E-state index contributed by atoms with van der Waals surface area (Å²) in [5.41, 5.74) is 1.57. The lowest BCUT2D eigenvalue weighted by Gasteiger charge is -2.24. The van der Waals surface area contributed by atoms with Crippen LogP contribution in [0.3, 0.4) is 0 Å². The Bertz CT molecular complexity index is 555. The monoisotopic (exact) mass is 289 g/mol. The standard InChI is InChI=1S/C13H20FNO3S/c1-9-7-13(11(10(2)16)8-12(9)14)15(3)5-6-19(4,17)18/h7-8,10,16H,5-6H2,1-4H3/t10-/m0/s1. The molecule has 0 aliphatic carbocycles. The second-order valence-corrected chi connectivity index (χ2v) is 7.15.